The fourth-order valence-electron chi connectivity index (χ4n) is 3.01. The second kappa shape index (κ2) is 7.94. The lowest BCUT2D eigenvalue weighted by molar-refractivity contribution is 0.0693. The van der Waals surface area contributed by atoms with Crippen molar-refractivity contribution in [2.24, 2.45) is 5.92 Å². The lowest BCUT2D eigenvalue weighted by Gasteiger charge is -2.17. The Bertz CT molecular complexity index is 727. The third-order valence-corrected chi connectivity index (χ3v) is 4.42. The normalized spacial score (nSPS) is 16.8. The quantitative estimate of drug-likeness (QED) is 0.878. The highest BCUT2D eigenvalue weighted by atomic mass is 16.5. The molecule has 0 bridgehead atoms. The van der Waals surface area contributed by atoms with Crippen molar-refractivity contribution in [2.45, 2.75) is 13.0 Å². The van der Waals surface area contributed by atoms with Crippen LogP contribution in [-0.4, -0.2) is 41.6 Å². The maximum absolute atomic E-state index is 12.5. The lowest BCUT2D eigenvalue weighted by Crippen LogP contribution is -2.29. The van der Waals surface area contributed by atoms with Gasteiger partial charge in [-0.3, -0.25) is 4.79 Å². The smallest absolute Gasteiger partial charge is 0.335 e. The van der Waals surface area contributed by atoms with E-state index in [-0.39, 0.29) is 11.5 Å². The van der Waals surface area contributed by atoms with Gasteiger partial charge in [-0.2, -0.15) is 0 Å². The lowest BCUT2D eigenvalue weighted by atomic mass is 10.1. The molecule has 1 aliphatic heterocycles. The van der Waals surface area contributed by atoms with Crippen LogP contribution >= 0.6 is 0 Å². The number of hydrogen-bond donors (Lipinski definition) is 1. The molecule has 0 unspecified atom stereocenters. The second-order valence-corrected chi connectivity index (χ2v) is 6.29. The van der Waals surface area contributed by atoms with Gasteiger partial charge < -0.3 is 14.7 Å². The van der Waals surface area contributed by atoms with E-state index in [4.69, 9.17) is 9.84 Å². The summed E-state index contributed by atoms with van der Waals surface area (Å²) in [4.78, 5) is 25.2. The Balaban J connectivity index is 1.48. The maximum Gasteiger partial charge on any atom is 0.335 e. The molecular weight excluding hydrogens is 318 g/mol. The van der Waals surface area contributed by atoms with Gasteiger partial charge >= 0.3 is 5.97 Å². The van der Waals surface area contributed by atoms with Crippen molar-refractivity contribution >= 4 is 11.9 Å². The minimum Gasteiger partial charge on any atom is -0.478 e. The Kier molecular flexibility index (Phi) is 5.46. The van der Waals surface area contributed by atoms with Crippen LogP contribution in [0.15, 0.2) is 54.6 Å². The molecule has 0 aliphatic carbocycles. The summed E-state index contributed by atoms with van der Waals surface area (Å²) in [7, 11) is 0. The van der Waals surface area contributed by atoms with Gasteiger partial charge in [0.05, 0.1) is 18.8 Å². The molecule has 5 nitrogen and oxygen atoms in total. The summed E-state index contributed by atoms with van der Waals surface area (Å²) in [5.74, 6) is -0.704. The molecule has 2 aromatic carbocycles. The van der Waals surface area contributed by atoms with Gasteiger partial charge in [-0.1, -0.05) is 30.3 Å². The average Bonchev–Trinajstić information content (AvgIpc) is 3.11. The molecule has 1 saturated heterocycles. The summed E-state index contributed by atoms with van der Waals surface area (Å²) in [5.41, 5.74) is 1.85. The number of rotatable bonds is 6. The molecule has 1 atom stereocenters. The zero-order valence-electron chi connectivity index (χ0n) is 13.9. The minimum atomic E-state index is -0.990. The number of hydrogen-bond acceptors (Lipinski definition) is 3. The number of likely N-dealkylation sites (tertiary alicyclic amines) is 1. The first-order chi connectivity index (χ1) is 12.1. The molecule has 0 aromatic heterocycles. The Hall–Kier alpha value is -2.66. The van der Waals surface area contributed by atoms with E-state index in [2.05, 4.69) is 0 Å². The minimum absolute atomic E-state index is 0.0532. The van der Waals surface area contributed by atoms with E-state index in [0.29, 0.717) is 37.8 Å². The number of ether oxygens (including phenoxy) is 1. The first kappa shape index (κ1) is 17.2. The summed E-state index contributed by atoms with van der Waals surface area (Å²) in [6, 6.07) is 16.1. The zero-order valence-corrected chi connectivity index (χ0v) is 13.9. The summed E-state index contributed by atoms with van der Waals surface area (Å²) in [6.07, 6.45) is 0.924. The highest BCUT2D eigenvalue weighted by molar-refractivity contribution is 5.96. The Morgan fingerprint density at radius 3 is 2.40 bits per heavy atom. The molecule has 2 aromatic rings. The van der Waals surface area contributed by atoms with Crippen molar-refractivity contribution in [3.8, 4) is 0 Å². The topological polar surface area (TPSA) is 66.8 Å². The van der Waals surface area contributed by atoms with Crippen LogP contribution < -0.4 is 0 Å². The van der Waals surface area contributed by atoms with Gasteiger partial charge in [-0.05, 0) is 36.2 Å². The summed E-state index contributed by atoms with van der Waals surface area (Å²) in [5, 5.41) is 8.92. The Morgan fingerprint density at radius 2 is 1.72 bits per heavy atom. The predicted molar refractivity (Wildman–Crippen MR) is 93.5 cm³/mol. The number of amides is 1. The highest BCUT2D eigenvalue weighted by Crippen LogP contribution is 2.20. The number of carboxylic acid groups (broad SMARTS) is 1. The molecule has 0 saturated carbocycles. The third kappa shape index (κ3) is 4.45. The number of carbonyl (C=O) groups is 2. The molecule has 1 fully saturated rings. The van der Waals surface area contributed by atoms with Crippen molar-refractivity contribution in [3.63, 3.8) is 0 Å². The van der Waals surface area contributed by atoms with Crippen LogP contribution in [0.25, 0.3) is 0 Å². The zero-order chi connectivity index (χ0) is 17.6. The van der Waals surface area contributed by atoms with E-state index in [1.54, 1.807) is 12.1 Å². The molecule has 0 radical (unpaired) electrons. The molecular formula is C20H21NO4. The van der Waals surface area contributed by atoms with E-state index in [1.807, 2.05) is 35.2 Å². The molecule has 1 heterocycles. The molecule has 25 heavy (non-hydrogen) atoms. The monoisotopic (exact) mass is 339 g/mol. The standard InChI is InChI=1S/C20H21NO4/c22-19(17-6-8-18(9-7-17)20(23)24)21-11-10-16(12-21)14-25-13-15-4-2-1-3-5-15/h1-9,16H,10-14H2,(H,23,24)/t16-/m1/s1. The van der Waals surface area contributed by atoms with Crippen molar-refractivity contribution in [3.05, 3.63) is 71.3 Å². The Labute approximate surface area is 146 Å². The number of aromatic carboxylic acids is 1. The molecule has 130 valence electrons. The van der Waals surface area contributed by atoms with E-state index in [1.165, 1.54) is 12.1 Å². The molecule has 0 spiro atoms. The SMILES string of the molecule is O=C(O)c1ccc(C(=O)N2CC[C@@H](COCc3ccccc3)C2)cc1. The number of benzene rings is 2. The largest absolute Gasteiger partial charge is 0.478 e. The molecule has 5 heteroatoms. The van der Waals surface area contributed by atoms with E-state index < -0.39 is 5.97 Å². The first-order valence-electron chi connectivity index (χ1n) is 8.38. The fourth-order valence-corrected chi connectivity index (χ4v) is 3.01. The van der Waals surface area contributed by atoms with Gasteiger partial charge in [-0.15, -0.1) is 0 Å². The van der Waals surface area contributed by atoms with Crippen LogP contribution in [0.3, 0.4) is 0 Å². The highest BCUT2D eigenvalue weighted by Gasteiger charge is 2.27. The van der Waals surface area contributed by atoms with Gasteiger partial charge in [0.2, 0.25) is 0 Å². The number of carboxylic acids is 1. The Morgan fingerprint density at radius 1 is 1.04 bits per heavy atom. The van der Waals surface area contributed by atoms with Crippen molar-refractivity contribution < 1.29 is 19.4 Å². The number of carbonyl (C=O) groups excluding carboxylic acids is 1. The van der Waals surface area contributed by atoms with Gasteiger partial charge in [-0.25, -0.2) is 4.79 Å². The van der Waals surface area contributed by atoms with Crippen LogP contribution in [0.2, 0.25) is 0 Å². The van der Waals surface area contributed by atoms with E-state index in [9.17, 15) is 9.59 Å². The average molecular weight is 339 g/mol. The van der Waals surface area contributed by atoms with Gasteiger partial charge in [0.25, 0.3) is 5.91 Å². The fraction of sp³-hybridized carbons (Fsp3) is 0.300. The summed E-state index contributed by atoms with van der Waals surface area (Å²) >= 11 is 0. The second-order valence-electron chi connectivity index (χ2n) is 6.29. The van der Waals surface area contributed by atoms with Crippen LogP contribution in [-0.2, 0) is 11.3 Å². The number of nitrogens with zero attached hydrogens (tertiary/aromatic N) is 1. The van der Waals surface area contributed by atoms with E-state index in [0.717, 1.165) is 12.0 Å². The van der Waals surface area contributed by atoms with Crippen molar-refractivity contribution in [1.82, 2.24) is 4.90 Å². The van der Waals surface area contributed by atoms with Gasteiger partial charge in [0.15, 0.2) is 0 Å². The van der Waals surface area contributed by atoms with Gasteiger partial charge in [0.1, 0.15) is 0 Å². The predicted octanol–water partition coefficient (Wildman–Crippen LogP) is 3.06. The maximum atomic E-state index is 12.5. The van der Waals surface area contributed by atoms with Crippen molar-refractivity contribution in [2.75, 3.05) is 19.7 Å². The molecule has 1 aliphatic rings. The summed E-state index contributed by atoms with van der Waals surface area (Å²) in [6.45, 7) is 2.60. The van der Waals surface area contributed by atoms with Crippen molar-refractivity contribution in [1.29, 1.82) is 0 Å². The molecule has 1 amide bonds. The first-order valence-corrected chi connectivity index (χ1v) is 8.38. The van der Waals surface area contributed by atoms with Crippen LogP contribution in [0.1, 0.15) is 32.7 Å². The molecule has 3 rings (SSSR count). The van der Waals surface area contributed by atoms with Gasteiger partial charge in [0, 0.05) is 24.6 Å². The van der Waals surface area contributed by atoms with E-state index >= 15 is 0 Å². The van der Waals surface area contributed by atoms with Crippen LogP contribution in [0.5, 0.6) is 0 Å². The van der Waals surface area contributed by atoms with Crippen LogP contribution in [0, 0.1) is 5.92 Å². The summed E-state index contributed by atoms with van der Waals surface area (Å²) < 4.78 is 5.78. The van der Waals surface area contributed by atoms with Crippen LogP contribution in [0.4, 0.5) is 0 Å². The molecule has 1 N–H and O–H groups in total. The third-order valence-electron chi connectivity index (χ3n) is 4.42.